The molecule has 0 aliphatic heterocycles. The van der Waals surface area contributed by atoms with Gasteiger partial charge in [-0.3, -0.25) is 4.79 Å². The number of nitrogens with one attached hydrogen (secondary N) is 1. The van der Waals surface area contributed by atoms with Crippen LogP contribution >= 0.6 is 12.2 Å². The van der Waals surface area contributed by atoms with Crippen molar-refractivity contribution in [2.24, 2.45) is 5.73 Å². The molecule has 0 aliphatic carbocycles. The van der Waals surface area contributed by atoms with E-state index in [1.165, 1.54) is 5.56 Å². The monoisotopic (exact) mass is 298 g/mol. The Kier molecular flexibility index (Phi) is 5.46. The number of hydrogen-bond acceptors (Lipinski definition) is 2. The van der Waals surface area contributed by atoms with E-state index >= 15 is 0 Å². The second-order valence-corrected chi connectivity index (χ2v) is 5.23. The van der Waals surface area contributed by atoms with Gasteiger partial charge in [0.15, 0.2) is 0 Å². The van der Waals surface area contributed by atoms with Crippen molar-refractivity contribution in [3.8, 4) is 0 Å². The second kappa shape index (κ2) is 7.55. The molecule has 0 unspecified atom stereocenters. The predicted octanol–water partition coefficient (Wildman–Crippen LogP) is 2.68. The molecule has 2 rings (SSSR count). The van der Waals surface area contributed by atoms with Crippen molar-refractivity contribution in [3.05, 3.63) is 71.3 Å². The van der Waals surface area contributed by atoms with E-state index in [9.17, 15) is 4.79 Å². The molecule has 0 fully saturated rings. The van der Waals surface area contributed by atoms with Crippen molar-refractivity contribution in [1.82, 2.24) is 5.32 Å². The van der Waals surface area contributed by atoms with Crippen molar-refractivity contribution >= 4 is 23.1 Å². The largest absolute Gasteiger partial charge is 0.389 e. The summed E-state index contributed by atoms with van der Waals surface area (Å²) in [4.78, 5) is 12.3. The number of hydrogen-bond donors (Lipinski definition) is 2. The Hall–Kier alpha value is -2.20. The first-order valence-electron chi connectivity index (χ1n) is 6.89. The lowest BCUT2D eigenvalue weighted by Crippen LogP contribution is -2.24. The molecule has 0 aromatic heterocycles. The Morgan fingerprint density at radius 1 is 1.00 bits per heavy atom. The summed E-state index contributed by atoms with van der Waals surface area (Å²) in [6.07, 6.45) is 1.88. The maximum atomic E-state index is 12.0. The van der Waals surface area contributed by atoms with Crippen molar-refractivity contribution in [3.63, 3.8) is 0 Å². The van der Waals surface area contributed by atoms with Gasteiger partial charge in [0.05, 0.1) is 0 Å². The van der Waals surface area contributed by atoms with Gasteiger partial charge in [-0.25, -0.2) is 0 Å². The molecule has 3 N–H and O–H groups in total. The van der Waals surface area contributed by atoms with Gasteiger partial charge < -0.3 is 11.1 Å². The van der Waals surface area contributed by atoms with E-state index < -0.39 is 0 Å². The molecule has 108 valence electrons. The Bertz CT molecular complexity index is 608. The molecule has 0 saturated heterocycles. The van der Waals surface area contributed by atoms with E-state index in [2.05, 4.69) is 17.4 Å². The summed E-state index contributed by atoms with van der Waals surface area (Å²) < 4.78 is 0. The number of thiocarbonyl (C=S) groups is 1. The Morgan fingerprint density at radius 3 is 2.24 bits per heavy atom. The summed E-state index contributed by atoms with van der Waals surface area (Å²) >= 11 is 4.88. The maximum Gasteiger partial charge on any atom is 0.251 e. The number of carbonyl (C=O) groups is 1. The van der Waals surface area contributed by atoms with Crippen molar-refractivity contribution in [2.45, 2.75) is 12.8 Å². The van der Waals surface area contributed by atoms with Gasteiger partial charge in [-0.2, -0.15) is 0 Å². The maximum absolute atomic E-state index is 12.0. The van der Waals surface area contributed by atoms with Crippen molar-refractivity contribution in [2.75, 3.05) is 6.54 Å². The topological polar surface area (TPSA) is 55.1 Å². The highest BCUT2D eigenvalue weighted by Crippen LogP contribution is 2.05. The molecule has 0 heterocycles. The summed E-state index contributed by atoms with van der Waals surface area (Å²) in [6.45, 7) is 0.658. The van der Waals surface area contributed by atoms with Crippen LogP contribution in [0.3, 0.4) is 0 Å². The number of amides is 1. The minimum absolute atomic E-state index is 0.0717. The zero-order valence-corrected chi connectivity index (χ0v) is 12.5. The van der Waals surface area contributed by atoms with Crippen LogP contribution in [0.15, 0.2) is 54.6 Å². The lowest BCUT2D eigenvalue weighted by molar-refractivity contribution is 0.0953. The lowest BCUT2D eigenvalue weighted by Gasteiger charge is -2.06. The molecule has 1 amide bonds. The summed E-state index contributed by atoms with van der Waals surface area (Å²) in [5.41, 5.74) is 8.20. The van der Waals surface area contributed by atoms with Crippen LogP contribution in [-0.2, 0) is 6.42 Å². The number of rotatable bonds is 6. The van der Waals surface area contributed by atoms with Crippen LogP contribution in [-0.4, -0.2) is 17.4 Å². The molecule has 2 aromatic rings. The molecule has 2 aromatic carbocycles. The van der Waals surface area contributed by atoms with Crippen LogP contribution in [0.1, 0.15) is 27.9 Å². The predicted molar refractivity (Wildman–Crippen MR) is 89.4 cm³/mol. The molecule has 21 heavy (non-hydrogen) atoms. The molecular weight excluding hydrogens is 280 g/mol. The van der Waals surface area contributed by atoms with Gasteiger partial charge in [0.1, 0.15) is 4.99 Å². The molecule has 0 bridgehead atoms. The van der Waals surface area contributed by atoms with Crippen LogP contribution in [0.25, 0.3) is 0 Å². The number of nitrogens with two attached hydrogens (primary N) is 1. The molecule has 0 spiro atoms. The Labute approximate surface area is 130 Å². The molecule has 4 heteroatoms. The van der Waals surface area contributed by atoms with Gasteiger partial charge in [0.2, 0.25) is 0 Å². The summed E-state index contributed by atoms with van der Waals surface area (Å²) in [6, 6.07) is 17.2. The van der Waals surface area contributed by atoms with Crippen LogP contribution in [0.4, 0.5) is 0 Å². The van der Waals surface area contributed by atoms with Crippen molar-refractivity contribution < 1.29 is 4.79 Å². The first-order valence-corrected chi connectivity index (χ1v) is 7.29. The van der Waals surface area contributed by atoms with Gasteiger partial charge in [0, 0.05) is 17.7 Å². The lowest BCUT2D eigenvalue weighted by atomic mass is 10.1. The summed E-state index contributed by atoms with van der Waals surface area (Å²) in [5, 5.41) is 2.91. The molecule has 0 saturated carbocycles. The smallest absolute Gasteiger partial charge is 0.251 e. The van der Waals surface area contributed by atoms with E-state index in [-0.39, 0.29) is 5.91 Å². The summed E-state index contributed by atoms with van der Waals surface area (Å²) in [7, 11) is 0. The van der Waals surface area contributed by atoms with E-state index in [4.69, 9.17) is 18.0 Å². The van der Waals surface area contributed by atoms with Crippen LogP contribution in [0.5, 0.6) is 0 Å². The first kappa shape index (κ1) is 15.2. The van der Waals surface area contributed by atoms with E-state index in [1.54, 1.807) is 24.3 Å². The molecule has 0 atom stereocenters. The van der Waals surface area contributed by atoms with Gasteiger partial charge in [-0.05, 0) is 30.5 Å². The number of aryl methyl sites for hydroxylation is 1. The quantitative estimate of drug-likeness (QED) is 0.637. The van der Waals surface area contributed by atoms with Crippen LogP contribution < -0.4 is 11.1 Å². The molecular formula is C17H18N2OS. The third kappa shape index (κ3) is 4.68. The normalized spacial score (nSPS) is 10.1. The van der Waals surface area contributed by atoms with Gasteiger partial charge in [0.25, 0.3) is 5.91 Å². The zero-order valence-electron chi connectivity index (χ0n) is 11.7. The first-order chi connectivity index (χ1) is 10.2. The highest BCUT2D eigenvalue weighted by Gasteiger charge is 2.05. The minimum Gasteiger partial charge on any atom is -0.389 e. The minimum atomic E-state index is -0.0717. The fourth-order valence-electron chi connectivity index (χ4n) is 2.03. The van der Waals surface area contributed by atoms with E-state index in [1.807, 2.05) is 18.2 Å². The SMILES string of the molecule is NC(=S)c1ccc(C(=O)NCCCc2ccccc2)cc1. The average Bonchev–Trinajstić information content (AvgIpc) is 2.52. The van der Waals surface area contributed by atoms with Crippen LogP contribution in [0.2, 0.25) is 0 Å². The fourth-order valence-corrected chi connectivity index (χ4v) is 2.16. The van der Waals surface area contributed by atoms with Crippen LogP contribution in [0, 0.1) is 0 Å². The van der Waals surface area contributed by atoms with E-state index in [0.29, 0.717) is 17.1 Å². The number of carbonyl (C=O) groups excluding carboxylic acids is 1. The third-order valence-corrected chi connectivity index (χ3v) is 3.44. The molecule has 3 nitrogen and oxygen atoms in total. The highest BCUT2D eigenvalue weighted by molar-refractivity contribution is 7.80. The van der Waals surface area contributed by atoms with Gasteiger partial charge in [-0.15, -0.1) is 0 Å². The van der Waals surface area contributed by atoms with Crippen molar-refractivity contribution in [1.29, 1.82) is 0 Å². The standard InChI is InChI=1S/C17H18N2OS/c18-16(21)14-8-10-15(11-9-14)17(20)19-12-4-7-13-5-2-1-3-6-13/h1-3,5-6,8-11H,4,7,12H2,(H2,18,21)(H,19,20). The van der Waals surface area contributed by atoms with E-state index in [0.717, 1.165) is 18.4 Å². The van der Waals surface area contributed by atoms with Gasteiger partial charge in [-0.1, -0.05) is 54.7 Å². The number of benzene rings is 2. The third-order valence-electron chi connectivity index (χ3n) is 3.20. The van der Waals surface area contributed by atoms with Gasteiger partial charge >= 0.3 is 0 Å². The molecule has 0 radical (unpaired) electrons. The Morgan fingerprint density at radius 2 is 1.62 bits per heavy atom. The highest BCUT2D eigenvalue weighted by atomic mass is 32.1. The molecule has 0 aliphatic rings. The fraction of sp³-hybridized carbons (Fsp3) is 0.176. The second-order valence-electron chi connectivity index (χ2n) is 4.79. The zero-order chi connectivity index (χ0) is 15.1. The average molecular weight is 298 g/mol. The summed E-state index contributed by atoms with van der Waals surface area (Å²) in [5.74, 6) is -0.0717. The Balaban J connectivity index is 1.78.